The summed E-state index contributed by atoms with van der Waals surface area (Å²) < 4.78 is 0. The number of guanidine groups is 1. The lowest BCUT2D eigenvalue weighted by Crippen LogP contribution is -2.21. The number of hydrogen-bond donors (Lipinski definition) is 2. The van der Waals surface area contributed by atoms with E-state index in [0.717, 1.165) is 11.3 Å². The van der Waals surface area contributed by atoms with E-state index in [0.29, 0.717) is 4.88 Å². The van der Waals surface area contributed by atoms with Crippen LogP contribution in [0.15, 0.2) is 22.3 Å². The first-order valence-corrected chi connectivity index (χ1v) is 4.27. The van der Waals surface area contributed by atoms with Crippen molar-refractivity contribution in [1.29, 1.82) is 0 Å². The van der Waals surface area contributed by atoms with Crippen molar-refractivity contribution in [3.63, 3.8) is 0 Å². The van der Waals surface area contributed by atoms with Crippen LogP contribution >= 0.6 is 11.3 Å². The Morgan fingerprint density at radius 1 is 1.57 bits per heavy atom. The Balaban J connectivity index is 2.74. The largest absolute Gasteiger partial charge is 0.369 e. The highest BCUT2D eigenvalue weighted by atomic mass is 32.1. The van der Waals surface area contributed by atoms with Crippen molar-refractivity contribution in [2.75, 3.05) is 0 Å². The average molecular weight is 213 g/mol. The Bertz CT molecular complexity index is 393. The first-order chi connectivity index (χ1) is 6.59. The minimum Gasteiger partial charge on any atom is -0.369 e. The molecule has 0 radical (unpaired) electrons. The molecule has 14 heavy (non-hydrogen) atoms. The summed E-state index contributed by atoms with van der Waals surface area (Å²) in [5.74, 6) is -0.160. The molecule has 4 N–H and O–H groups in total. The molecule has 0 aromatic carbocycles. The van der Waals surface area contributed by atoms with Crippen LogP contribution in [0.1, 0.15) is 4.88 Å². The van der Waals surface area contributed by atoms with E-state index >= 15 is 0 Å². The molecule has 0 spiro atoms. The molecular formula is C6H7N5O2S. The van der Waals surface area contributed by atoms with E-state index in [-0.39, 0.29) is 11.0 Å². The highest BCUT2D eigenvalue weighted by molar-refractivity contribution is 7.16. The number of nitrogens with zero attached hydrogens (tertiary/aromatic N) is 3. The summed E-state index contributed by atoms with van der Waals surface area (Å²) in [5.41, 5.74) is 10.0. The predicted octanol–water partition coefficient (Wildman–Crippen LogP) is 0.264. The number of hydrogen-bond acceptors (Lipinski definition) is 5. The van der Waals surface area contributed by atoms with E-state index < -0.39 is 4.92 Å². The second kappa shape index (κ2) is 4.33. The second-order valence-electron chi connectivity index (χ2n) is 2.20. The molecule has 7 nitrogen and oxygen atoms in total. The molecule has 1 aromatic rings. The van der Waals surface area contributed by atoms with Gasteiger partial charge in [-0.3, -0.25) is 10.1 Å². The maximum absolute atomic E-state index is 10.3. The molecule has 1 rings (SSSR count). The molecule has 0 bridgehead atoms. The normalized spacial score (nSPS) is 10.3. The van der Waals surface area contributed by atoms with E-state index in [9.17, 15) is 10.1 Å². The highest BCUT2D eigenvalue weighted by Gasteiger charge is 2.07. The molecule has 0 saturated heterocycles. The van der Waals surface area contributed by atoms with Gasteiger partial charge in [0.2, 0.25) is 5.96 Å². The Kier molecular flexibility index (Phi) is 3.13. The van der Waals surface area contributed by atoms with Gasteiger partial charge in [-0.2, -0.15) is 5.10 Å². The van der Waals surface area contributed by atoms with Gasteiger partial charge >= 0.3 is 5.00 Å². The summed E-state index contributed by atoms with van der Waals surface area (Å²) in [4.78, 5) is 10.4. The molecule has 0 saturated carbocycles. The highest BCUT2D eigenvalue weighted by Crippen LogP contribution is 2.22. The molecule has 0 amide bonds. The number of nitro groups is 1. The van der Waals surface area contributed by atoms with Crippen LogP contribution in [-0.2, 0) is 0 Å². The van der Waals surface area contributed by atoms with Crippen LogP contribution in [0.3, 0.4) is 0 Å². The summed E-state index contributed by atoms with van der Waals surface area (Å²) in [6.07, 6.45) is 1.34. The Labute approximate surface area is 82.9 Å². The van der Waals surface area contributed by atoms with Crippen molar-refractivity contribution in [2.45, 2.75) is 0 Å². The fraction of sp³-hybridized carbons (Fsp3) is 0. The predicted molar refractivity (Wildman–Crippen MR) is 54.4 cm³/mol. The van der Waals surface area contributed by atoms with Crippen LogP contribution in [-0.4, -0.2) is 17.1 Å². The molecule has 0 atom stereocenters. The molecule has 1 aromatic heterocycles. The lowest BCUT2D eigenvalue weighted by atomic mass is 10.5. The summed E-state index contributed by atoms with van der Waals surface area (Å²) in [7, 11) is 0. The third-order valence-electron chi connectivity index (χ3n) is 1.15. The summed E-state index contributed by atoms with van der Waals surface area (Å²) >= 11 is 0.993. The number of thiophene rings is 1. The minimum absolute atomic E-state index is 0.0520. The SMILES string of the molecule is NC(N)=NN=Cc1ccc([N+](=O)[O-])s1. The quantitative estimate of drug-likeness (QED) is 0.324. The van der Waals surface area contributed by atoms with Crippen LogP contribution in [0.4, 0.5) is 5.00 Å². The van der Waals surface area contributed by atoms with Gasteiger partial charge in [-0.25, -0.2) is 0 Å². The molecular weight excluding hydrogens is 206 g/mol. The van der Waals surface area contributed by atoms with Crippen LogP contribution < -0.4 is 11.5 Å². The van der Waals surface area contributed by atoms with Crippen LogP contribution in [0, 0.1) is 10.1 Å². The van der Waals surface area contributed by atoms with Gasteiger partial charge in [0.15, 0.2) is 0 Å². The van der Waals surface area contributed by atoms with Gasteiger partial charge in [-0.1, -0.05) is 11.3 Å². The molecule has 74 valence electrons. The van der Waals surface area contributed by atoms with E-state index in [1.54, 1.807) is 6.07 Å². The Morgan fingerprint density at radius 3 is 2.79 bits per heavy atom. The van der Waals surface area contributed by atoms with Gasteiger partial charge < -0.3 is 11.5 Å². The minimum atomic E-state index is -0.470. The van der Waals surface area contributed by atoms with Crippen molar-refractivity contribution in [2.24, 2.45) is 21.7 Å². The molecule has 0 unspecified atom stereocenters. The smallest absolute Gasteiger partial charge is 0.324 e. The molecule has 0 aliphatic rings. The van der Waals surface area contributed by atoms with E-state index in [1.165, 1.54) is 12.3 Å². The second-order valence-corrected chi connectivity index (χ2v) is 3.30. The Morgan fingerprint density at radius 2 is 2.29 bits per heavy atom. The number of nitrogens with two attached hydrogens (primary N) is 2. The zero-order valence-electron chi connectivity index (χ0n) is 6.95. The van der Waals surface area contributed by atoms with Crippen molar-refractivity contribution >= 4 is 28.5 Å². The van der Waals surface area contributed by atoms with Crippen molar-refractivity contribution in [3.05, 3.63) is 27.1 Å². The summed E-state index contributed by atoms with van der Waals surface area (Å²) in [5, 5.41) is 17.2. The first kappa shape index (κ1) is 10.1. The van der Waals surface area contributed by atoms with E-state index in [1.807, 2.05) is 0 Å². The van der Waals surface area contributed by atoms with Crippen LogP contribution in [0.25, 0.3) is 0 Å². The van der Waals surface area contributed by atoms with Gasteiger partial charge in [0.1, 0.15) is 0 Å². The number of rotatable bonds is 3. The Hall–Kier alpha value is -1.96. The maximum Gasteiger partial charge on any atom is 0.324 e. The first-order valence-electron chi connectivity index (χ1n) is 3.46. The zero-order valence-corrected chi connectivity index (χ0v) is 7.77. The third-order valence-corrected chi connectivity index (χ3v) is 2.12. The van der Waals surface area contributed by atoms with Gasteiger partial charge in [-0.15, -0.1) is 5.10 Å². The van der Waals surface area contributed by atoms with Crippen molar-refractivity contribution in [3.8, 4) is 0 Å². The van der Waals surface area contributed by atoms with Crippen LogP contribution in [0.2, 0.25) is 0 Å². The third kappa shape index (κ3) is 2.83. The monoisotopic (exact) mass is 213 g/mol. The van der Waals surface area contributed by atoms with E-state index in [2.05, 4.69) is 10.2 Å². The molecule has 0 fully saturated rings. The molecule has 1 heterocycles. The average Bonchev–Trinajstić information content (AvgIpc) is 2.52. The van der Waals surface area contributed by atoms with Gasteiger partial charge in [0.05, 0.1) is 16.0 Å². The lowest BCUT2D eigenvalue weighted by Gasteiger charge is -1.82. The molecule has 8 heteroatoms. The van der Waals surface area contributed by atoms with Crippen LogP contribution in [0.5, 0.6) is 0 Å². The van der Waals surface area contributed by atoms with E-state index in [4.69, 9.17) is 11.5 Å². The maximum atomic E-state index is 10.3. The zero-order chi connectivity index (χ0) is 10.6. The molecule has 0 aliphatic carbocycles. The molecule has 0 aliphatic heterocycles. The summed E-state index contributed by atoms with van der Waals surface area (Å²) in [6.45, 7) is 0. The van der Waals surface area contributed by atoms with Gasteiger partial charge in [-0.05, 0) is 6.07 Å². The summed E-state index contributed by atoms with van der Waals surface area (Å²) in [6, 6.07) is 2.95. The van der Waals surface area contributed by atoms with Gasteiger partial charge in [0.25, 0.3) is 0 Å². The fourth-order valence-electron chi connectivity index (χ4n) is 0.662. The fourth-order valence-corrected chi connectivity index (χ4v) is 1.35. The lowest BCUT2D eigenvalue weighted by molar-refractivity contribution is -0.380. The topological polar surface area (TPSA) is 120 Å². The van der Waals surface area contributed by atoms with Crippen molar-refractivity contribution in [1.82, 2.24) is 0 Å². The standard InChI is InChI=1S/C6H7N5O2S/c7-6(8)10-9-3-4-1-2-5(14-4)11(12)13/h1-3H,(H4,7,8,10). The van der Waals surface area contributed by atoms with Crippen molar-refractivity contribution < 1.29 is 4.92 Å². The van der Waals surface area contributed by atoms with Gasteiger partial charge in [0, 0.05) is 6.07 Å².